The zero-order chi connectivity index (χ0) is 15.1. The van der Waals surface area contributed by atoms with E-state index in [0.717, 1.165) is 5.56 Å². The third-order valence-corrected chi connectivity index (χ3v) is 2.61. The van der Waals surface area contributed by atoms with Crippen molar-refractivity contribution in [3.63, 3.8) is 0 Å². The van der Waals surface area contributed by atoms with Crippen LogP contribution in [0.2, 0.25) is 5.02 Å². The lowest BCUT2D eigenvalue weighted by Gasteiger charge is -2.02. The molecule has 0 bridgehead atoms. The van der Waals surface area contributed by atoms with Crippen molar-refractivity contribution in [2.24, 2.45) is 5.10 Å². The molecule has 1 aromatic heterocycles. The first-order valence-corrected chi connectivity index (χ1v) is 6.34. The van der Waals surface area contributed by atoms with Gasteiger partial charge in [-0.3, -0.25) is 9.59 Å². The quantitative estimate of drug-likeness (QED) is 0.515. The molecule has 0 aliphatic rings. The second-order valence-electron chi connectivity index (χ2n) is 3.92. The topological polar surface area (TPSA) is 83.5 Å². The van der Waals surface area contributed by atoms with E-state index in [0.29, 0.717) is 10.8 Å². The van der Waals surface area contributed by atoms with Gasteiger partial charge in [0.1, 0.15) is 5.82 Å². The van der Waals surface area contributed by atoms with E-state index in [-0.39, 0.29) is 0 Å². The number of amides is 2. The van der Waals surface area contributed by atoms with Crippen molar-refractivity contribution in [1.29, 1.82) is 0 Å². The number of carbonyl (C=O) groups is 2. The Balaban J connectivity index is 1.86. The van der Waals surface area contributed by atoms with Gasteiger partial charge in [0.05, 0.1) is 6.21 Å². The molecule has 6 nitrogen and oxygen atoms in total. The summed E-state index contributed by atoms with van der Waals surface area (Å²) in [7, 11) is 0. The van der Waals surface area contributed by atoms with Crippen LogP contribution in [-0.2, 0) is 9.59 Å². The third-order valence-electron chi connectivity index (χ3n) is 2.36. The van der Waals surface area contributed by atoms with E-state index in [9.17, 15) is 9.59 Å². The molecule has 7 heteroatoms. The predicted molar refractivity (Wildman–Crippen MR) is 80.1 cm³/mol. The van der Waals surface area contributed by atoms with Crippen molar-refractivity contribution in [2.45, 2.75) is 0 Å². The maximum Gasteiger partial charge on any atom is 0.329 e. The van der Waals surface area contributed by atoms with Crippen LogP contribution in [0.3, 0.4) is 0 Å². The van der Waals surface area contributed by atoms with Crippen LogP contribution in [-0.4, -0.2) is 23.0 Å². The highest BCUT2D eigenvalue weighted by atomic mass is 35.5. The fraction of sp³-hybridized carbons (Fsp3) is 0. The molecule has 1 heterocycles. The number of rotatable bonds is 3. The molecule has 0 unspecified atom stereocenters. The third kappa shape index (κ3) is 4.70. The number of carbonyl (C=O) groups excluding carboxylic acids is 2. The van der Waals surface area contributed by atoms with E-state index in [4.69, 9.17) is 11.6 Å². The van der Waals surface area contributed by atoms with Gasteiger partial charge in [-0.25, -0.2) is 10.4 Å². The van der Waals surface area contributed by atoms with Crippen LogP contribution in [0.15, 0.2) is 53.8 Å². The Morgan fingerprint density at radius 2 is 1.86 bits per heavy atom. The van der Waals surface area contributed by atoms with Crippen LogP contribution in [0, 0.1) is 0 Å². The minimum absolute atomic E-state index is 0.291. The number of benzene rings is 1. The summed E-state index contributed by atoms with van der Waals surface area (Å²) in [5.74, 6) is -1.44. The van der Waals surface area contributed by atoms with Gasteiger partial charge in [0.15, 0.2) is 0 Å². The number of pyridine rings is 1. The van der Waals surface area contributed by atoms with Crippen molar-refractivity contribution >= 4 is 35.4 Å². The molecule has 2 rings (SSSR count). The normalized spacial score (nSPS) is 10.3. The van der Waals surface area contributed by atoms with Gasteiger partial charge < -0.3 is 5.32 Å². The van der Waals surface area contributed by atoms with Crippen LogP contribution in [0.5, 0.6) is 0 Å². The monoisotopic (exact) mass is 302 g/mol. The standard InChI is InChI=1S/C14H11ClN4O2/c15-11-6-4-10(5-7-11)9-17-19-14(21)13(20)18-12-3-1-2-8-16-12/h1-9H,(H,19,21)(H,16,18,20). The largest absolute Gasteiger partial charge is 0.329 e. The van der Waals surface area contributed by atoms with Crippen molar-refractivity contribution in [2.75, 3.05) is 5.32 Å². The Bertz CT molecular complexity index is 656. The highest BCUT2D eigenvalue weighted by Gasteiger charge is 2.12. The molecule has 0 aliphatic carbocycles. The lowest BCUT2D eigenvalue weighted by Crippen LogP contribution is -2.32. The molecule has 0 atom stereocenters. The lowest BCUT2D eigenvalue weighted by atomic mass is 10.2. The summed E-state index contributed by atoms with van der Waals surface area (Å²) < 4.78 is 0. The number of nitrogens with zero attached hydrogens (tertiary/aromatic N) is 2. The second-order valence-corrected chi connectivity index (χ2v) is 4.36. The second kappa shape index (κ2) is 7.16. The van der Waals surface area contributed by atoms with Crippen LogP contribution in [0.25, 0.3) is 0 Å². The van der Waals surface area contributed by atoms with Gasteiger partial charge in [-0.1, -0.05) is 29.8 Å². The Kier molecular flexibility index (Phi) is 5.00. The molecule has 2 aromatic rings. The van der Waals surface area contributed by atoms with Crippen LogP contribution in [0.4, 0.5) is 5.82 Å². The Morgan fingerprint density at radius 3 is 2.52 bits per heavy atom. The molecule has 0 spiro atoms. The molecule has 1 aromatic carbocycles. The minimum Gasteiger partial charge on any atom is -0.302 e. The summed E-state index contributed by atoms with van der Waals surface area (Å²) in [6.45, 7) is 0. The molecule has 0 saturated heterocycles. The highest BCUT2D eigenvalue weighted by molar-refractivity contribution is 6.39. The zero-order valence-electron chi connectivity index (χ0n) is 10.8. The summed E-state index contributed by atoms with van der Waals surface area (Å²) >= 11 is 5.74. The number of hydrazone groups is 1. The van der Waals surface area contributed by atoms with E-state index in [1.165, 1.54) is 12.4 Å². The molecule has 2 N–H and O–H groups in total. The first-order chi connectivity index (χ1) is 10.1. The van der Waals surface area contributed by atoms with Gasteiger partial charge in [0.2, 0.25) is 0 Å². The first-order valence-electron chi connectivity index (χ1n) is 5.96. The summed E-state index contributed by atoms with van der Waals surface area (Å²) in [4.78, 5) is 26.9. The maximum absolute atomic E-state index is 11.5. The molecule has 21 heavy (non-hydrogen) atoms. The van der Waals surface area contributed by atoms with Crippen LogP contribution < -0.4 is 10.7 Å². The average Bonchev–Trinajstić information content (AvgIpc) is 2.50. The molecule has 0 saturated carbocycles. The smallest absolute Gasteiger partial charge is 0.302 e. The molecule has 0 aliphatic heterocycles. The van der Waals surface area contributed by atoms with Crippen molar-refractivity contribution in [3.05, 3.63) is 59.2 Å². The van der Waals surface area contributed by atoms with Crippen LogP contribution in [0.1, 0.15) is 5.56 Å². The molecule has 0 fully saturated rings. The molecular weight excluding hydrogens is 292 g/mol. The molecular formula is C14H11ClN4O2. The molecule has 0 radical (unpaired) electrons. The van der Waals surface area contributed by atoms with Gasteiger partial charge >= 0.3 is 11.8 Å². The van der Waals surface area contributed by atoms with Gasteiger partial charge in [-0.15, -0.1) is 0 Å². The fourth-order valence-corrected chi connectivity index (χ4v) is 1.50. The van der Waals surface area contributed by atoms with E-state index in [1.54, 1.807) is 42.5 Å². The van der Waals surface area contributed by atoms with Gasteiger partial charge in [0.25, 0.3) is 0 Å². The summed E-state index contributed by atoms with van der Waals surface area (Å²) in [6.07, 6.45) is 2.91. The summed E-state index contributed by atoms with van der Waals surface area (Å²) in [5.41, 5.74) is 2.86. The molecule has 106 valence electrons. The van der Waals surface area contributed by atoms with Gasteiger partial charge in [-0.05, 0) is 29.8 Å². The SMILES string of the molecule is O=C(NN=Cc1ccc(Cl)cc1)C(=O)Nc1ccccn1. The summed E-state index contributed by atoms with van der Waals surface area (Å²) in [5, 5.41) is 6.63. The predicted octanol–water partition coefficient (Wildman–Crippen LogP) is 1.82. The first kappa shape index (κ1) is 14.7. The Morgan fingerprint density at radius 1 is 1.10 bits per heavy atom. The van der Waals surface area contributed by atoms with E-state index < -0.39 is 11.8 Å². The molecule has 2 amide bonds. The van der Waals surface area contributed by atoms with Gasteiger partial charge in [-0.2, -0.15) is 5.10 Å². The van der Waals surface area contributed by atoms with Gasteiger partial charge in [0, 0.05) is 11.2 Å². The average molecular weight is 303 g/mol. The number of hydrogen-bond donors (Lipinski definition) is 2. The number of hydrogen-bond acceptors (Lipinski definition) is 4. The fourth-order valence-electron chi connectivity index (χ4n) is 1.37. The highest BCUT2D eigenvalue weighted by Crippen LogP contribution is 2.07. The van der Waals surface area contributed by atoms with Crippen molar-refractivity contribution in [1.82, 2.24) is 10.4 Å². The maximum atomic E-state index is 11.5. The Labute approximate surface area is 125 Å². The Hall–Kier alpha value is -2.73. The van der Waals surface area contributed by atoms with Crippen LogP contribution >= 0.6 is 11.6 Å². The zero-order valence-corrected chi connectivity index (χ0v) is 11.5. The van der Waals surface area contributed by atoms with E-state index >= 15 is 0 Å². The lowest BCUT2D eigenvalue weighted by molar-refractivity contribution is -0.136. The minimum atomic E-state index is -0.883. The van der Waals surface area contributed by atoms with Crippen molar-refractivity contribution in [3.8, 4) is 0 Å². The number of nitrogens with one attached hydrogen (secondary N) is 2. The number of halogens is 1. The number of aromatic nitrogens is 1. The summed E-state index contributed by atoms with van der Waals surface area (Å²) in [6, 6.07) is 11.8. The van der Waals surface area contributed by atoms with E-state index in [1.807, 2.05) is 0 Å². The van der Waals surface area contributed by atoms with Crippen molar-refractivity contribution < 1.29 is 9.59 Å². The number of anilines is 1. The van der Waals surface area contributed by atoms with E-state index in [2.05, 4.69) is 20.8 Å².